The number of phosphoric ester groups is 1. The van der Waals surface area contributed by atoms with Gasteiger partial charge in [0.05, 0.1) is 10.7 Å². The molecule has 0 bridgehead atoms. The quantitative estimate of drug-likeness (QED) is 0.196. The molecule has 1 saturated heterocycles. The van der Waals surface area contributed by atoms with Crippen molar-refractivity contribution in [2.75, 3.05) is 19.7 Å². The summed E-state index contributed by atoms with van der Waals surface area (Å²) < 4.78 is 21.6. The van der Waals surface area contributed by atoms with E-state index >= 15 is 0 Å². The van der Waals surface area contributed by atoms with E-state index in [1.165, 1.54) is 0 Å². The number of cyclic esters (lactones) is 1. The summed E-state index contributed by atoms with van der Waals surface area (Å²) in [6, 6.07) is 0.845. The van der Waals surface area contributed by atoms with E-state index in [1.807, 2.05) is 25.2 Å². The molecule has 0 saturated carbocycles. The number of phenols is 1. The summed E-state index contributed by atoms with van der Waals surface area (Å²) in [7, 11) is -5.05. The number of carbonyl (C=O) groups excluding carboxylic acids is 2. The van der Waals surface area contributed by atoms with Crippen LogP contribution in [0.5, 0.6) is 11.5 Å². The van der Waals surface area contributed by atoms with E-state index in [1.54, 1.807) is 17.9 Å². The predicted octanol–water partition coefficient (Wildman–Crippen LogP) is 4.53. The van der Waals surface area contributed by atoms with Crippen molar-refractivity contribution in [2.24, 2.45) is 11.1 Å². The van der Waals surface area contributed by atoms with Crippen LogP contribution >= 0.6 is 19.4 Å². The summed E-state index contributed by atoms with van der Waals surface area (Å²) in [6.45, 7) is 4.75. The second-order valence-corrected chi connectivity index (χ2v) is 11.2. The molecule has 1 aromatic carbocycles. The number of hydrogen-bond donors (Lipinski definition) is 3. The molecule has 3 rings (SSSR count). The lowest BCUT2D eigenvalue weighted by molar-refractivity contribution is -0.137. The molecular formula is C26H34ClN2O9P. The first-order valence-electron chi connectivity index (χ1n) is 12.7. The highest BCUT2D eigenvalue weighted by Crippen LogP contribution is 2.45. The molecule has 2 heterocycles. The van der Waals surface area contributed by atoms with Gasteiger partial charge in [-0.1, -0.05) is 41.9 Å². The van der Waals surface area contributed by atoms with Crippen molar-refractivity contribution in [1.82, 2.24) is 4.90 Å². The fourth-order valence-electron chi connectivity index (χ4n) is 4.26. The summed E-state index contributed by atoms with van der Waals surface area (Å²) in [6.07, 6.45) is 10.7. The fourth-order valence-corrected chi connectivity index (χ4v) is 4.97. The molecule has 1 amide bonds. The number of phosphoric acid groups is 1. The van der Waals surface area contributed by atoms with E-state index in [4.69, 9.17) is 21.2 Å². The van der Waals surface area contributed by atoms with Crippen LogP contribution in [0.15, 0.2) is 35.5 Å². The van der Waals surface area contributed by atoms with Gasteiger partial charge >= 0.3 is 13.8 Å². The third kappa shape index (κ3) is 9.39. The molecule has 214 valence electrons. The predicted molar refractivity (Wildman–Crippen MR) is 145 cm³/mol. The Hall–Kier alpha value is -2.85. The Morgan fingerprint density at radius 1 is 1.21 bits per heavy atom. The van der Waals surface area contributed by atoms with E-state index in [9.17, 15) is 29.0 Å². The van der Waals surface area contributed by atoms with Gasteiger partial charge in [0.25, 0.3) is 5.91 Å². The Morgan fingerprint density at radius 3 is 2.62 bits per heavy atom. The van der Waals surface area contributed by atoms with Crippen molar-refractivity contribution >= 4 is 37.0 Å². The van der Waals surface area contributed by atoms with E-state index in [0.717, 1.165) is 25.3 Å². The van der Waals surface area contributed by atoms with Crippen LogP contribution in [0.25, 0.3) is 0 Å². The van der Waals surface area contributed by atoms with Crippen LogP contribution in [0, 0.1) is 5.92 Å². The standard InChI is InChI=1S/C26H34ClN2O9P/c1-17-8-6-10-18(2)37-26(32)24-20(25(27)22(15-21(24)30)38-39(33,34)35)14-19(11-7-9-17)28-36-16-23(31)29-12-4-3-5-13-29/h6-8,11,15,17-18,30H,3-5,9-10,12-14,16H2,1-2H3,(H2,33,34,35)/b8-6+,11-7+,28-19-/t17-,18+/m0/s1. The molecule has 2 atom stereocenters. The number of benzene rings is 1. The second kappa shape index (κ2) is 14.0. The van der Waals surface area contributed by atoms with Gasteiger partial charge < -0.3 is 24.1 Å². The highest BCUT2D eigenvalue weighted by atomic mass is 35.5. The number of esters is 1. The van der Waals surface area contributed by atoms with Gasteiger partial charge in [0.2, 0.25) is 0 Å². The maximum atomic E-state index is 13.1. The number of carbonyl (C=O) groups is 2. The minimum absolute atomic E-state index is 0.0349. The summed E-state index contributed by atoms with van der Waals surface area (Å²) in [5, 5.41) is 14.5. The third-order valence-electron chi connectivity index (χ3n) is 6.22. The number of halogens is 1. The monoisotopic (exact) mass is 584 g/mol. The maximum Gasteiger partial charge on any atom is 0.524 e. The number of allylic oxidation sites excluding steroid dienone is 3. The zero-order valence-electron chi connectivity index (χ0n) is 21.9. The van der Waals surface area contributed by atoms with Crippen LogP contribution in [-0.4, -0.2) is 63.2 Å². The second-order valence-electron chi connectivity index (χ2n) is 9.61. The molecule has 2 aliphatic heterocycles. The lowest BCUT2D eigenvalue weighted by atomic mass is 9.98. The van der Waals surface area contributed by atoms with Crippen LogP contribution in [0.1, 0.15) is 61.9 Å². The average molecular weight is 585 g/mol. The van der Waals surface area contributed by atoms with Gasteiger partial charge in [0.1, 0.15) is 17.4 Å². The number of fused-ring (bicyclic) bond motifs is 1. The van der Waals surface area contributed by atoms with Gasteiger partial charge in [-0.15, -0.1) is 0 Å². The number of piperidine rings is 1. The van der Waals surface area contributed by atoms with Crippen LogP contribution in [-0.2, 0) is 25.4 Å². The van der Waals surface area contributed by atoms with Gasteiger partial charge in [-0.25, -0.2) is 9.36 Å². The molecule has 2 aliphatic rings. The Kier molecular flexibility index (Phi) is 11.0. The lowest BCUT2D eigenvalue weighted by Crippen LogP contribution is -2.37. The molecular weight excluding hydrogens is 551 g/mol. The van der Waals surface area contributed by atoms with Crippen molar-refractivity contribution < 1.29 is 43.1 Å². The first kappa shape index (κ1) is 30.7. The molecule has 0 spiro atoms. The van der Waals surface area contributed by atoms with Crippen LogP contribution in [0.2, 0.25) is 5.02 Å². The van der Waals surface area contributed by atoms with E-state index in [0.29, 0.717) is 25.9 Å². The van der Waals surface area contributed by atoms with Crippen molar-refractivity contribution in [2.45, 2.75) is 58.5 Å². The number of phenolic OH excluding ortho intramolecular Hbond substituents is 1. The molecule has 3 N–H and O–H groups in total. The largest absolute Gasteiger partial charge is 0.524 e. The Balaban J connectivity index is 2.00. The van der Waals surface area contributed by atoms with E-state index in [-0.39, 0.29) is 46.7 Å². The van der Waals surface area contributed by atoms with E-state index < -0.39 is 31.4 Å². The zero-order valence-corrected chi connectivity index (χ0v) is 23.6. The molecule has 39 heavy (non-hydrogen) atoms. The molecule has 1 aromatic rings. The summed E-state index contributed by atoms with van der Waals surface area (Å²) in [5.74, 6) is -2.09. The number of hydrogen-bond acceptors (Lipinski definition) is 8. The Labute approximate surface area is 232 Å². The van der Waals surface area contributed by atoms with Gasteiger partial charge in [-0.3, -0.25) is 14.6 Å². The van der Waals surface area contributed by atoms with Crippen molar-refractivity contribution in [1.29, 1.82) is 0 Å². The molecule has 1 fully saturated rings. The van der Waals surface area contributed by atoms with Crippen LogP contribution < -0.4 is 4.52 Å². The molecule has 13 heteroatoms. The number of oxime groups is 1. The molecule has 0 aliphatic carbocycles. The average Bonchev–Trinajstić information content (AvgIpc) is 2.85. The van der Waals surface area contributed by atoms with Crippen molar-refractivity contribution in [3.63, 3.8) is 0 Å². The summed E-state index contributed by atoms with van der Waals surface area (Å²) >= 11 is 6.45. The number of nitrogens with zero attached hydrogens (tertiary/aromatic N) is 2. The Morgan fingerprint density at radius 2 is 1.92 bits per heavy atom. The highest BCUT2D eigenvalue weighted by Gasteiger charge is 2.29. The zero-order chi connectivity index (χ0) is 28.6. The minimum Gasteiger partial charge on any atom is -0.507 e. The van der Waals surface area contributed by atoms with Gasteiger partial charge in [-0.2, -0.15) is 0 Å². The van der Waals surface area contributed by atoms with Gasteiger partial charge in [0, 0.05) is 32.0 Å². The van der Waals surface area contributed by atoms with Crippen molar-refractivity contribution in [3.05, 3.63) is 46.5 Å². The van der Waals surface area contributed by atoms with Crippen LogP contribution in [0.3, 0.4) is 0 Å². The molecule has 0 radical (unpaired) electrons. The summed E-state index contributed by atoms with van der Waals surface area (Å²) in [4.78, 5) is 51.3. The SMILES string of the molecule is C[C@@H]1C/C=C/[C@H](C)C/C=C/C(=N/OCC(=O)N2CCCCC2)Cc2c(Cl)c(OP(=O)(O)O)cc(O)c2C(=O)O1. The topological polar surface area (TPSA) is 155 Å². The number of rotatable bonds is 5. The smallest absolute Gasteiger partial charge is 0.507 e. The number of aromatic hydroxyl groups is 1. The van der Waals surface area contributed by atoms with Crippen molar-refractivity contribution in [3.8, 4) is 11.5 Å². The molecule has 0 unspecified atom stereocenters. The number of ether oxygens (including phenoxy) is 1. The number of likely N-dealkylation sites (tertiary alicyclic amines) is 1. The van der Waals surface area contributed by atoms with Gasteiger partial charge in [0.15, 0.2) is 12.4 Å². The van der Waals surface area contributed by atoms with E-state index in [2.05, 4.69) is 9.68 Å². The number of amides is 1. The first-order chi connectivity index (χ1) is 18.4. The first-order valence-corrected chi connectivity index (χ1v) is 14.7. The molecule has 11 nitrogen and oxygen atoms in total. The summed E-state index contributed by atoms with van der Waals surface area (Å²) in [5.41, 5.74) is -0.0939. The van der Waals surface area contributed by atoms with Gasteiger partial charge in [-0.05, 0) is 50.2 Å². The van der Waals surface area contributed by atoms with Crippen LogP contribution in [0.4, 0.5) is 0 Å². The third-order valence-corrected chi connectivity index (χ3v) is 7.07. The Bertz CT molecular complexity index is 1190. The lowest BCUT2D eigenvalue weighted by Gasteiger charge is -2.26. The highest BCUT2D eigenvalue weighted by molar-refractivity contribution is 7.46. The maximum absolute atomic E-state index is 13.1. The minimum atomic E-state index is -5.05. The molecule has 0 aromatic heterocycles. The normalized spacial score (nSPS) is 23.8. The fraction of sp³-hybridized carbons (Fsp3) is 0.500.